The van der Waals surface area contributed by atoms with Crippen LogP contribution in [0.2, 0.25) is 0 Å². The lowest BCUT2D eigenvalue weighted by atomic mass is 10.2. The zero-order chi connectivity index (χ0) is 17.1. The largest absolute Gasteiger partial charge is 0.497 e. The van der Waals surface area contributed by atoms with Crippen LogP contribution in [0.25, 0.3) is 11.4 Å². The van der Waals surface area contributed by atoms with Gasteiger partial charge in [-0.05, 0) is 36.4 Å². The third kappa shape index (κ3) is 2.78. The van der Waals surface area contributed by atoms with Crippen LogP contribution in [0.5, 0.6) is 11.5 Å². The van der Waals surface area contributed by atoms with Gasteiger partial charge in [0, 0.05) is 19.8 Å². The maximum absolute atomic E-state index is 5.43. The highest BCUT2D eigenvalue weighted by Gasteiger charge is 2.17. The van der Waals surface area contributed by atoms with Crippen LogP contribution in [0.1, 0.15) is 0 Å². The molecule has 0 saturated heterocycles. The molecule has 0 amide bonds. The van der Waals surface area contributed by atoms with Crippen LogP contribution >= 0.6 is 0 Å². The molecule has 6 nitrogen and oxygen atoms in total. The molecular formula is C18H20N4O2. The number of hydrogen-bond acceptors (Lipinski definition) is 5. The van der Waals surface area contributed by atoms with Crippen molar-refractivity contribution in [2.45, 2.75) is 0 Å². The fourth-order valence-electron chi connectivity index (χ4n) is 2.60. The molecule has 1 aromatic heterocycles. The molecule has 0 unspecified atom stereocenters. The third-order valence-corrected chi connectivity index (χ3v) is 3.96. The van der Waals surface area contributed by atoms with Gasteiger partial charge in [0.25, 0.3) is 0 Å². The van der Waals surface area contributed by atoms with Gasteiger partial charge < -0.3 is 14.4 Å². The fraction of sp³-hybridized carbons (Fsp3) is 0.222. The van der Waals surface area contributed by atoms with Crippen LogP contribution in [0.3, 0.4) is 0 Å². The lowest BCUT2D eigenvalue weighted by Gasteiger charge is -2.18. The molecule has 6 heteroatoms. The maximum atomic E-state index is 5.43. The number of nitrogens with zero attached hydrogens (tertiary/aromatic N) is 4. The molecule has 124 valence electrons. The maximum Gasteiger partial charge on any atom is 0.231 e. The Kier molecular flexibility index (Phi) is 4.37. The predicted molar refractivity (Wildman–Crippen MR) is 94.0 cm³/mol. The highest BCUT2D eigenvalue weighted by molar-refractivity contribution is 5.67. The van der Waals surface area contributed by atoms with Gasteiger partial charge in [-0.2, -0.15) is 0 Å². The molecule has 0 aliphatic heterocycles. The van der Waals surface area contributed by atoms with Gasteiger partial charge in [0.2, 0.25) is 5.95 Å². The molecule has 0 spiro atoms. The van der Waals surface area contributed by atoms with Crippen LogP contribution in [0, 0.1) is 0 Å². The van der Waals surface area contributed by atoms with E-state index in [-0.39, 0.29) is 0 Å². The molecule has 0 aliphatic rings. The standard InChI is InChI=1S/C18H20N4O2/c1-21(13-9-11-14(23-3)12-10-13)18-20-19-17(22(18)2)15-7-5-6-8-16(15)24-4/h5-12H,1-4H3. The molecule has 0 fully saturated rings. The summed E-state index contributed by atoms with van der Waals surface area (Å²) >= 11 is 0. The molecule has 0 saturated carbocycles. The summed E-state index contributed by atoms with van der Waals surface area (Å²) in [5, 5.41) is 8.68. The summed E-state index contributed by atoms with van der Waals surface area (Å²) < 4.78 is 12.6. The first-order chi connectivity index (χ1) is 11.7. The lowest BCUT2D eigenvalue weighted by Crippen LogP contribution is -2.14. The summed E-state index contributed by atoms with van der Waals surface area (Å²) in [5.74, 6) is 3.08. The van der Waals surface area contributed by atoms with Gasteiger partial charge in [-0.15, -0.1) is 10.2 Å². The minimum absolute atomic E-state index is 0.737. The molecule has 0 aliphatic carbocycles. The lowest BCUT2D eigenvalue weighted by molar-refractivity contribution is 0.415. The summed E-state index contributed by atoms with van der Waals surface area (Å²) in [7, 11) is 7.20. The Bertz CT molecular complexity index is 827. The number of benzene rings is 2. The Morgan fingerprint density at radius 1 is 0.917 bits per heavy atom. The Morgan fingerprint density at radius 3 is 2.29 bits per heavy atom. The van der Waals surface area contributed by atoms with Crippen molar-refractivity contribution in [3.05, 3.63) is 48.5 Å². The van der Waals surface area contributed by atoms with Gasteiger partial charge in [-0.25, -0.2) is 0 Å². The first kappa shape index (κ1) is 15.9. The quantitative estimate of drug-likeness (QED) is 0.721. The van der Waals surface area contributed by atoms with Gasteiger partial charge in [-0.3, -0.25) is 4.57 Å². The van der Waals surface area contributed by atoms with Crippen molar-refractivity contribution < 1.29 is 9.47 Å². The first-order valence-corrected chi connectivity index (χ1v) is 7.56. The second-order valence-corrected chi connectivity index (χ2v) is 5.34. The van der Waals surface area contributed by atoms with Crippen molar-refractivity contribution in [1.29, 1.82) is 0 Å². The monoisotopic (exact) mass is 324 g/mol. The molecule has 1 heterocycles. The molecule has 0 N–H and O–H groups in total. The first-order valence-electron chi connectivity index (χ1n) is 7.56. The van der Waals surface area contributed by atoms with Crippen molar-refractivity contribution in [3.8, 4) is 22.9 Å². The SMILES string of the molecule is COc1ccc(N(C)c2nnc(-c3ccccc3OC)n2C)cc1. The zero-order valence-electron chi connectivity index (χ0n) is 14.2. The normalized spacial score (nSPS) is 10.5. The summed E-state index contributed by atoms with van der Waals surface area (Å²) in [4.78, 5) is 1.98. The van der Waals surface area contributed by atoms with E-state index >= 15 is 0 Å². The van der Waals surface area contributed by atoms with Crippen LogP contribution in [-0.2, 0) is 7.05 Å². The minimum atomic E-state index is 0.737. The molecule has 24 heavy (non-hydrogen) atoms. The molecule has 3 aromatic rings. The van der Waals surface area contributed by atoms with Crippen LogP contribution in [0.15, 0.2) is 48.5 Å². The van der Waals surface area contributed by atoms with Crippen molar-refractivity contribution in [2.75, 3.05) is 26.2 Å². The number of methoxy groups -OCH3 is 2. The molecule has 3 rings (SSSR count). The van der Waals surface area contributed by atoms with E-state index < -0.39 is 0 Å². The number of aromatic nitrogens is 3. The van der Waals surface area contributed by atoms with E-state index in [0.29, 0.717) is 0 Å². The number of hydrogen-bond donors (Lipinski definition) is 0. The Hall–Kier alpha value is -3.02. The van der Waals surface area contributed by atoms with Gasteiger partial charge in [0.05, 0.1) is 19.8 Å². The van der Waals surface area contributed by atoms with E-state index in [1.165, 1.54) is 0 Å². The summed E-state index contributed by atoms with van der Waals surface area (Å²) in [6.45, 7) is 0. The average Bonchev–Trinajstić information content (AvgIpc) is 3.02. The van der Waals surface area contributed by atoms with Crippen molar-refractivity contribution in [3.63, 3.8) is 0 Å². The minimum Gasteiger partial charge on any atom is -0.497 e. The predicted octanol–water partition coefficient (Wildman–Crippen LogP) is 3.27. The second-order valence-electron chi connectivity index (χ2n) is 5.34. The smallest absolute Gasteiger partial charge is 0.231 e. The molecule has 2 aromatic carbocycles. The molecule has 0 atom stereocenters. The van der Waals surface area contributed by atoms with Crippen molar-refractivity contribution in [1.82, 2.24) is 14.8 Å². The van der Waals surface area contributed by atoms with E-state index in [4.69, 9.17) is 9.47 Å². The van der Waals surface area contributed by atoms with E-state index in [1.54, 1.807) is 14.2 Å². The number of rotatable bonds is 5. The summed E-state index contributed by atoms with van der Waals surface area (Å²) in [6.07, 6.45) is 0. The van der Waals surface area contributed by atoms with E-state index in [2.05, 4.69) is 10.2 Å². The average molecular weight is 324 g/mol. The molecular weight excluding hydrogens is 304 g/mol. The highest BCUT2D eigenvalue weighted by atomic mass is 16.5. The van der Waals surface area contributed by atoms with E-state index in [1.807, 2.05) is 72.1 Å². The highest BCUT2D eigenvalue weighted by Crippen LogP contribution is 2.31. The Balaban J connectivity index is 1.97. The van der Waals surface area contributed by atoms with Gasteiger partial charge >= 0.3 is 0 Å². The summed E-state index contributed by atoms with van der Waals surface area (Å²) in [5.41, 5.74) is 1.90. The molecule has 0 bridgehead atoms. The van der Waals surface area contributed by atoms with Crippen LogP contribution < -0.4 is 14.4 Å². The van der Waals surface area contributed by atoms with Crippen molar-refractivity contribution in [2.24, 2.45) is 7.05 Å². The second kappa shape index (κ2) is 6.62. The molecule has 0 radical (unpaired) electrons. The number of anilines is 2. The Labute approximate surface area is 141 Å². The van der Waals surface area contributed by atoms with E-state index in [9.17, 15) is 0 Å². The van der Waals surface area contributed by atoms with Crippen LogP contribution in [-0.4, -0.2) is 36.0 Å². The number of para-hydroxylation sites is 1. The van der Waals surface area contributed by atoms with Gasteiger partial charge in [0.1, 0.15) is 11.5 Å². The van der Waals surface area contributed by atoms with Gasteiger partial charge in [0.15, 0.2) is 5.82 Å². The topological polar surface area (TPSA) is 52.4 Å². The van der Waals surface area contributed by atoms with E-state index in [0.717, 1.165) is 34.5 Å². The number of ether oxygens (including phenoxy) is 2. The fourth-order valence-corrected chi connectivity index (χ4v) is 2.60. The van der Waals surface area contributed by atoms with Gasteiger partial charge in [-0.1, -0.05) is 12.1 Å². The Morgan fingerprint density at radius 2 is 1.62 bits per heavy atom. The summed E-state index contributed by atoms with van der Waals surface area (Å²) in [6, 6.07) is 15.6. The third-order valence-electron chi connectivity index (χ3n) is 3.96. The van der Waals surface area contributed by atoms with Crippen LogP contribution in [0.4, 0.5) is 11.6 Å². The zero-order valence-corrected chi connectivity index (χ0v) is 14.2. The van der Waals surface area contributed by atoms with Crippen molar-refractivity contribution >= 4 is 11.6 Å².